The molecule has 0 bridgehead atoms. The summed E-state index contributed by atoms with van der Waals surface area (Å²) in [4.78, 5) is 16.1. The number of nitrogens with one attached hydrogen (secondary N) is 2. The monoisotopic (exact) mass is 325 g/mol. The minimum Gasteiger partial charge on any atom is -0.396 e. The molecule has 0 radical (unpaired) electrons. The summed E-state index contributed by atoms with van der Waals surface area (Å²) in [7, 11) is 0. The van der Waals surface area contributed by atoms with Crippen LogP contribution in [-0.2, 0) is 0 Å². The van der Waals surface area contributed by atoms with Gasteiger partial charge in [0.05, 0.1) is 11.4 Å². The predicted molar refractivity (Wildman–Crippen MR) is 76.9 cm³/mol. The zero-order valence-electron chi connectivity index (χ0n) is 10.6. The molecule has 102 valence electrons. The highest BCUT2D eigenvalue weighted by molar-refractivity contribution is 9.10. The van der Waals surface area contributed by atoms with E-state index < -0.39 is 0 Å². The van der Waals surface area contributed by atoms with Crippen molar-refractivity contribution in [2.24, 2.45) is 5.92 Å². The zero-order valence-corrected chi connectivity index (χ0v) is 12.1. The first-order chi connectivity index (χ1) is 9.08. The minimum atomic E-state index is -0.263. The van der Waals surface area contributed by atoms with Gasteiger partial charge in [-0.05, 0) is 41.4 Å². The van der Waals surface area contributed by atoms with Crippen LogP contribution in [0, 0.1) is 12.8 Å². The number of urea groups is 1. The summed E-state index contributed by atoms with van der Waals surface area (Å²) in [6, 6.07) is 3.29. The van der Waals surface area contributed by atoms with E-state index in [4.69, 9.17) is 5.11 Å². The van der Waals surface area contributed by atoms with Gasteiger partial charge in [-0.1, -0.05) is 12.2 Å². The smallest absolute Gasteiger partial charge is 0.319 e. The fraction of sp³-hybridized carbons (Fsp3) is 0.385. The Morgan fingerprint density at radius 1 is 1.53 bits per heavy atom. The number of rotatable bonds is 3. The Morgan fingerprint density at radius 2 is 2.32 bits per heavy atom. The summed E-state index contributed by atoms with van der Waals surface area (Å²) < 4.78 is 0.737. The largest absolute Gasteiger partial charge is 0.396 e. The lowest BCUT2D eigenvalue weighted by atomic mass is 10.1. The molecule has 3 N–H and O–H groups in total. The molecule has 0 aromatic carbocycles. The van der Waals surface area contributed by atoms with Gasteiger partial charge >= 0.3 is 6.03 Å². The van der Waals surface area contributed by atoms with Gasteiger partial charge in [-0.25, -0.2) is 9.78 Å². The lowest BCUT2D eigenvalue weighted by molar-refractivity contribution is 0.238. The number of amides is 2. The Bertz CT molecular complexity index is 505. The maximum atomic E-state index is 11.8. The molecule has 1 aromatic heterocycles. The van der Waals surface area contributed by atoms with Gasteiger partial charge in [0.15, 0.2) is 0 Å². The first-order valence-electron chi connectivity index (χ1n) is 6.08. The van der Waals surface area contributed by atoms with Crippen LogP contribution in [-0.4, -0.2) is 28.8 Å². The van der Waals surface area contributed by atoms with Gasteiger partial charge in [0.1, 0.15) is 4.60 Å². The van der Waals surface area contributed by atoms with E-state index in [0.29, 0.717) is 5.69 Å². The van der Waals surface area contributed by atoms with Crippen molar-refractivity contribution in [2.45, 2.75) is 19.4 Å². The summed E-state index contributed by atoms with van der Waals surface area (Å²) >= 11 is 3.28. The second-order valence-corrected chi connectivity index (χ2v) is 5.35. The van der Waals surface area contributed by atoms with E-state index in [1.165, 1.54) is 0 Å². The molecule has 0 saturated heterocycles. The number of aliphatic hydroxyl groups is 1. The van der Waals surface area contributed by atoms with Crippen LogP contribution in [0.3, 0.4) is 0 Å². The highest BCUT2D eigenvalue weighted by Crippen LogP contribution is 2.18. The van der Waals surface area contributed by atoms with E-state index in [1.54, 1.807) is 12.1 Å². The van der Waals surface area contributed by atoms with Crippen molar-refractivity contribution in [1.29, 1.82) is 0 Å². The number of carbonyl (C=O) groups excluding carboxylic acids is 1. The molecule has 1 aromatic rings. The fourth-order valence-electron chi connectivity index (χ4n) is 2.01. The predicted octanol–water partition coefficient (Wildman–Crippen LogP) is 2.21. The van der Waals surface area contributed by atoms with Crippen LogP contribution in [0.15, 0.2) is 28.9 Å². The van der Waals surface area contributed by atoms with E-state index in [0.717, 1.165) is 16.7 Å². The molecule has 0 spiro atoms. The Balaban J connectivity index is 1.90. The molecule has 0 fully saturated rings. The average molecular weight is 326 g/mol. The number of hydrogen-bond donors (Lipinski definition) is 3. The summed E-state index contributed by atoms with van der Waals surface area (Å²) in [6.45, 7) is 1.95. The van der Waals surface area contributed by atoms with Crippen molar-refractivity contribution >= 4 is 27.6 Å². The molecule has 6 heteroatoms. The highest BCUT2D eigenvalue weighted by Gasteiger charge is 2.19. The van der Waals surface area contributed by atoms with Gasteiger partial charge in [-0.3, -0.25) is 0 Å². The first-order valence-corrected chi connectivity index (χ1v) is 6.87. The van der Waals surface area contributed by atoms with Crippen LogP contribution in [0.5, 0.6) is 0 Å². The average Bonchev–Trinajstić information content (AvgIpc) is 2.80. The number of hydrogen-bond acceptors (Lipinski definition) is 3. The van der Waals surface area contributed by atoms with E-state index in [9.17, 15) is 4.79 Å². The molecule has 0 unspecified atom stereocenters. The second-order valence-electron chi connectivity index (χ2n) is 4.54. The molecule has 1 aliphatic carbocycles. The molecule has 5 nitrogen and oxygen atoms in total. The van der Waals surface area contributed by atoms with Crippen molar-refractivity contribution in [3.63, 3.8) is 0 Å². The molecular formula is C13H16BrN3O2. The lowest BCUT2D eigenvalue weighted by Crippen LogP contribution is -2.36. The summed E-state index contributed by atoms with van der Waals surface area (Å²) in [5.41, 5.74) is 1.43. The number of pyridine rings is 1. The van der Waals surface area contributed by atoms with Crippen LogP contribution >= 0.6 is 15.9 Å². The number of carbonyl (C=O) groups is 1. The Hall–Kier alpha value is -1.40. The lowest BCUT2D eigenvalue weighted by Gasteiger charge is -2.14. The van der Waals surface area contributed by atoms with Gasteiger partial charge in [-0.2, -0.15) is 0 Å². The number of aromatic nitrogens is 1. The molecule has 2 atom stereocenters. The number of halogens is 1. The molecule has 1 aliphatic rings. The van der Waals surface area contributed by atoms with Crippen molar-refractivity contribution in [1.82, 2.24) is 10.3 Å². The number of nitrogens with zero attached hydrogens (tertiary/aromatic N) is 1. The standard InChI is InChI=1S/C13H16BrN3O2/c1-8-11(4-5-12(14)15-8)17-13(19)16-10-3-2-9(6-10)7-18/h2-5,9-10,18H,6-7H2,1H3,(H2,16,17,19)/t9-,10+/m0/s1. The maximum Gasteiger partial charge on any atom is 0.319 e. The van der Waals surface area contributed by atoms with Gasteiger partial charge < -0.3 is 15.7 Å². The first kappa shape index (κ1) is 14.0. The normalized spacial score (nSPS) is 21.4. The molecular weight excluding hydrogens is 310 g/mol. The van der Waals surface area contributed by atoms with Gasteiger partial charge in [0.2, 0.25) is 0 Å². The SMILES string of the molecule is Cc1nc(Br)ccc1NC(=O)N[C@@H]1C=C[C@H](CO)C1. The molecule has 19 heavy (non-hydrogen) atoms. The molecule has 2 amide bonds. The highest BCUT2D eigenvalue weighted by atomic mass is 79.9. The van der Waals surface area contributed by atoms with E-state index in [2.05, 4.69) is 31.5 Å². The quantitative estimate of drug-likeness (QED) is 0.589. The Morgan fingerprint density at radius 3 is 2.95 bits per heavy atom. The van der Waals surface area contributed by atoms with E-state index in [-0.39, 0.29) is 24.6 Å². The van der Waals surface area contributed by atoms with Crippen LogP contribution in [0.1, 0.15) is 12.1 Å². The number of aliphatic hydroxyl groups excluding tert-OH is 1. The van der Waals surface area contributed by atoms with Crippen LogP contribution in [0.25, 0.3) is 0 Å². The number of anilines is 1. The minimum absolute atomic E-state index is 0.0270. The second kappa shape index (κ2) is 6.16. The third-order valence-corrected chi connectivity index (χ3v) is 3.46. The van der Waals surface area contributed by atoms with Crippen LogP contribution < -0.4 is 10.6 Å². The summed E-state index contributed by atoms with van der Waals surface area (Å²) in [5, 5.41) is 14.6. The zero-order chi connectivity index (χ0) is 13.8. The Kier molecular flexibility index (Phi) is 4.55. The van der Waals surface area contributed by atoms with Crippen LogP contribution in [0.4, 0.5) is 10.5 Å². The summed E-state index contributed by atoms with van der Waals surface area (Å²) in [6.07, 6.45) is 4.58. The van der Waals surface area contributed by atoms with Gasteiger partial charge in [-0.15, -0.1) is 0 Å². The molecule has 0 aliphatic heterocycles. The third-order valence-electron chi connectivity index (χ3n) is 3.02. The van der Waals surface area contributed by atoms with Gasteiger partial charge in [0, 0.05) is 18.6 Å². The molecule has 2 rings (SSSR count). The van der Waals surface area contributed by atoms with Gasteiger partial charge in [0.25, 0.3) is 0 Å². The Labute approximate surface area is 120 Å². The maximum absolute atomic E-state index is 11.8. The van der Waals surface area contributed by atoms with Crippen molar-refractivity contribution in [2.75, 3.05) is 11.9 Å². The third kappa shape index (κ3) is 3.78. The van der Waals surface area contributed by atoms with Crippen molar-refractivity contribution in [3.05, 3.63) is 34.6 Å². The van der Waals surface area contributed by atoms with Crippen molar-refractivity contribution < 1.29 is 9.90 Å². The topological polar surface area (TPSA) is 74.2 Å². The van der Waals surface area contributed by atoms with E-state index in [1.807, 2.05) is 19.1 Å². The summed E-state index contributed by atoms with van der Waals surface area (Å²) in [5.74, 6) is 0.140. The number of aryl methyl sites for hydroxylation is 1. The molecule has 1 heterocycles. The van der Waals surface area contributed by atoms with E-state index >= 15 is 0 Å². The molecule has 0 saturated carbocycles. The van der Waals surface area contributed by atoms with Crippen LogP contribution in [0.2, 0.25) is 0 Å². The fourth-order valence-corrected chi connectivity index (χ4v) is 2.40. The van der Waals surface area contributed by atoms with Crippen molar-refractivity contribution in [3.8, 4) is 0 Å².